The normalized spacial score (nSPS) is 11.2. The third-order valence-corrected chi connectivity index (χ3v) is 5.22. The number of hydrazine groups is 1. The van der Waals surface area contributed by atoms with Crippen LogP contribution in [0.15, 0.2) is 66.0 Å². The van der Waals surface area contributed by atoms with Crippen molar-refractivity contribution >= 4 is 35.2 Å². The summed E-state index contributed by atoms with van der Waals surface area (Å²) in [6, 6.07) is 14.6. The standard InChI is InChI=1S/C20H16ClF3N4O2S/c21-15-8-6-14(7-9-15)18(30)27-26-17(29)11-31-19-25-10-16(13-4-2-1-3-5-13)28(19)12-20(22,23)24/h1-10H,11-12H2,(H,26,29)(H,27,30). The van der Waals surface area contributed by atoms with Gasteiger partial charge in [0.1, 0.15) is 6.54 Å². The predicted molar refractivity (Wildman–Crippen MR) is 112 cm³/mol. The molecule has 2 N–H and O–H groups in total. The van der Waals surface area contributed by atoms with Gasteiger partial charge in [0.25, 0.3) is 5.91 Å². The zero-order chi connectivity index (χ0) is 22.4. The summed E-state index contributed by atoms with van der Waals surface area (Å²) < 4.78 is 40.3. The maximum atomic E-state index is 13.1. The highest BCUT2D eigenvalue weighted by Gasteiger charge is 2.31. The van der Waals surface area contributed by atoms with Gasteiger partial charge in [0, 0.05) is 10.6 Å². The van der Waals surface area contributed by atoms with E-state index in [1.54, 1.807) is 30.3 Å². The maximum absolute atomic E-state index is 13.1. The monoisotopic (exact) mass is 468 g/mol. The molecule has 162 valence electrons. The van der Waals surface area contributed by atoms with Gasteiger partial charge in [-0.3, -0.25) is 20.4 Å². The first kappa shape index (κ1) is 22.7. The maximum Gasteiger partial charge on any atom is 0.406 e. The lowest BCUT2D eigenvalue weighted by Gasteiger charge is -2.14. The van der Waals surface area contributed by atoms with Gasteiger partial charge >= 0.3 is 6.18 Å². The molecule has 0 bridgehead atoms. The first-order valence-electron chi connectivity index (χ1n) is 8.88. The van der Waals surface area contributed by atoms with E-state index >= 15 is 0 Å². The van der Waals surface area contributed by atoms with Gasteiger partial charge in [-0.25, -0.2) is 4.98 Å². The van der Waals surface area contributed by atoms with Crippen LogP contribution in [0.2, 0.25) is 5.02 Å². The van der Waals surface area contributed by atoms with E-state index in [0.717, 1.165) is 16.3 Å². The molecule has 0 fully saturated rings. The summed E-state index contributed by atoms with van der Waals surface area (Å²) in [5, 5.41) is 0.497. The Morgan fingerprint density at radius 2 is 1.71 bits per heavy atom. The molecule has 2 amide bonds. The Morgan fingerprint density at radius 3 is 2.35 bits per heavy atom. The fourth-order valence-corrected chi connectivity index (χ4v) is 3.52. The van der Waals surface area contributed by atoms with E-state index < -0.39 is 24.5 Å². The molecular weight excluding hydrogens is 453 g/mol. The number of nitrogens with one attached hydrogen (secondary N) is 2. The largest absolute Gasteiger partial charge is 0.406 e. The van der Waals surface area contributed by atoms with Gasteiger partial charge in [-0.2, -0.15) is 13.2 Å². The minimum Gasteiger partial charge on any atom is -0.310 e. The fraction of sp³-hybridized carbons (Fsp3) is 0.150. The van der Waals surface area contributed by atoms with Gasteiger partial charge in [-0.05, 0) is 29.8 Å². The number of imidazole rings is 1. The molecule has 0 saturated carbocycles. The van der Waals surface area contributed by atoms with E-state index in [-0.39, 0.29) is 22.2 Å². The minimum absolute atomic E-state index is 0.0374. The molecule has 6 nitrogen and oxygen atoms in total. The molecule has 31 heavy (non-hydrogen) atoms. The second kappa shape index (κ2) is 9.88. The lowest BCUT2D eigenvalue weighted by molar-refractivity contribution is -0.141. The number of thioether (sulfide) groups is 1. The number of halogens is 4. The number of carbonyl (C=O) groups excluding carboxylic acids is 2. The molecular formula is C20H16ClF3N4O2S. The molecule has 0 atom stereocenters. The van der Waals surface area contributed by atoms with E-state index in [1.165, 1.54) is 30.5 Å². The molecule has 0 spiro atoms. The van der Waals surface area contributed by atoms with Crippen molar-refractivity contribution in [1.29, 1.82) is 0 Å². The second-order valence-corrected chi connectivity index (χ2v) is 7.67. The van der Waals surface area contributed by atoms with Crippen molar-refractivity contribution in [3.05, 3.63) is 71.4 Å². The van der Waals surface area contributed by atoms with Crippen LogP contribution in [0.1, 0.15) is 10.4 Å². The van der Waals surface area contributed by atoms with Crippen LogP contribution in [0.5, 0.6) is 0 Å². The molecule has 0 aliphatic rings. The molecule has 0 aliphatic heterocycles. The summed E-state index contributed by atoms with van der Waals surface area (Å²) in [5.41, 5.74) is 5.60. The third kappa shape index (κ3) is 6.50. The summed E-state index contributed by atoms with van der Waals surface area (Å²) in [6.07, 6.45) is -3.13. The molecule has 1 heterocycles. The van der Waals surface area contributed by atoms with Crippen molar-refractivity contribution in [1.82, 2.24) is 20.4 Å². The van der Waals surface area contributed by atoms with Crippen LogP contribution in [0.3, 0.4) is 0 Å². The Kier molecular flexibility index (Phi) is 7.24. The number of rotatable bonds is 6. The topological polar surface area (TPSA) is 76.0 Å². The summed E-state index contributed by atoms with van der Waals surface area (Å²) in [6.45, 7) is -1.24. The Balaban J connectivity index is 1.64. The van der Waals surface area contributed by atoms with Crippen LogP contribution in [0.4, 0.5) is 13.2 Å². The molecule has 2 aromatic carbocycles. The minimum atomic E-state index is -4.46. The van der Waals surface area contributed by atoms with Crippen LogP contribution < -0.4 is 10.9 Å². The van der Waals surface area contributed by atoms with Crippen LogP contribution in [0.25, 0.3) is 11.3 Å². The van der Waals surface area contributed by atoms with E-state index in [4.69, 9.17) is 11.6 Å². The number of amides is 2. The second-order valence-electron chi connectivity index (χ2n) is 6.29. The van der Waals surface area contributed by atoms with Crippen LogP contribution in [-0.2, 0) is 11.3 Å². The van der Waals surface area contributed by atoms with Gasteiger partial charge in [0.2, 0.25) is 5.91 Å². The van der Waals surface area contributed by atoms with Gasteiger partial charge in [0.05, 0.1) is 17.6 Å². The number of alkyl halides is 3. The van der Waals surface area contributed by atoms with Gasteiger partial charge in [-0.1, -0.05) is 53.7 Å². The van der Waals surface area contributed by atoms with Crippen molar-refractivity contribution in [2.45, 2.75) is 17.9 Å². The van der Waals surface area contributed by atoms with Gasteiger partial charge in [0.15, 0.2) is 5.16 Å². The number of nitrogens with zero attached hydrogens (tertiary/aromatic N) is 2. The van der Waals surface area contributed by atoms with Crippen molar-refractivity contribution in [3.63, 3.8) is 0 Å². The zero-order valence-electron chi connectivity index (χ0n) is 15.8. The highest BCUT2D eigenvalue weighted by atomic mass is 35.5. The predicted octanol–water partition coefficient (Wildman–Crippen LogP) is 4.32. The van der Waals surface area contributed by atoms with Gasteiger partial charge < -0.3 is 4.57 Å². The lowest BCUT2D eigenvalue weighted by atomic mass is 10.2. The van der Waals surface area contributed by atoms with E-state index in [0.29, 0.717) is 10.6 Å². The molecule has 0 radical (unpaired) electrons. The lowest BCUT2D eigenvalue weighted by Crippen LogP contribution is -2.42. The quantitative estimate of drug-likeness (QED) is 0.417. The summed E-state index contributed by atoms with van der Waals surface area (Å²) >= 11 is 6.59. The van der Waals surface area contributed by atoms with Crippen LogP contribution in [0, 0.1) is 0 Å². The first-order valence-corrected chi connectivity index (χ1v) is 10.2. The van der Waals surface area contributed by atoms with Crippen molar-refractivity contribution in [2.24, 2.45) is 0 Å². The Bertz CT molecular complexity index is 1060. The summed E-state index contributed by atoms with van der Waals surface area (Å²) in [7, 11) is 0. The first-order chi connectivity index (χ1) is 14.7. The third-order valence-electron chi connectivity index (χ3n) is 3.98. The van der Waals surface area contributed by atoms with Gasteiger partial charge in [-0.15, -0.1) is 0 Å². The van der Waals surface area contributed by atoms with E-state index in [2.05, 4.69) is 15.8 Å². The molecule has 1 aromatic heterocycles. The zero-order valence-corrected chi connectivity index (χ0v) is 17.4. The average molecular weight is 469 g/mol. The van der Waals surface area contributed by atoms with Crippen LogP contribution >= 0.6 is 23.4 Å². The smallest absolute Gasteiger partial charge is 0.310 e. The number of hydrogen-bond acceptors (Lipinski definition) is 4. The molecule has 0 unspecified atom stereocenters. The Hall–Kier alpha value is -2.98. The number of hydrogen-bond donors (Lipinski definition) is 2. The highest BCUT2D eigenvalue weighted by molar-refractivity contribution is 7.99. The molecule has 3 aromatic rings. The van der Waals surface area contributed by atoms with Crippen molar-refractivity contribution in [3.8, 4) is 11.3 Å². The SMILES string of the molecule is O=C(CSc1ncc(-c2ccccc2)n1CC(F)(F)F)NNC(=O)c1ccc(Cl)cc1. The van der Waals surface area contributed by atoms with Crippen LogP contribution in [-0.4, -0.2) is 33.3 Å². The van der Waals surface area contributed by atoms with E-state index in [9.17, 15) is 22.8 Å². The summed E-state index contributed by atoms with van der Waals surface area (Å²) in [5.74, 6) is -1.40. The average Bonchev–Trinajstić information content (AvgIpc) is 3.12. The van der Waals surface area contributed by atoms with E-state index in [1.807, 2.05) is 0 Å². The molecule has 3 rings (SSSR count). The number of carbonyl (C=O) groups is 2. The molecule has 0 saturated heterocycles. The Labute approximate surface area is 184 Å². The fourth-order valence-electron chi connectivity index (χ4n) is 2.61. The summed E-state index contributed by atoms with van der Waals surface area (Å²) in [4.78, 5) is 28.1. The van der Waals surface area contributed by atoms with Crippen molar-refractivity contribution < 1.29 is 22.8 Å². The molecule has 11 heteroatoms. The highest BCUT2D eigenvalue weighted by Crippen LogP contribution is 2.29. The Morgan fingerprint density at radius 1 is 1.03 bits per heavy atom. The number of benzene rings is 2. The number of aromatic nitrogens is 2. The molecule has 0 aliphatic carbocycles. The van der Waals surface area contributed by atoms with Crippen molar-refractivity contribution in [2.75, 3.05) is 5.75 Å².